The molecule has 4 nitrogen and oxygen atoms in total. The van der Waals surface area contributed by atoms with Crippen LogP contribution < -0.4 is 5.76 Å². The average Bonchev–Trinajstić information content (AvgIpc) is 2.73. The number of carbonyl (C=O) groups excluding carboxylic acids is 1. The summed E-state index contributed by atoms with van der Waals surface area (Å²) in [5.41, 5.74) is 4.21. The average molecular weight is 281 g/mol. The minimum atomic E-state index is -0.429. The van der Waals surface area contributed by atoms with E-state index in [4.69, 9.17) is 4.42 Å². The summed E-state index contributed by atoms with van der Waals surface area (Å²) >= 11 is 0. The Morgan fingerprint density at radius 3 is 2.43 bits per heavy atom. The van der Waals surface area contributed by atoms with Gasteiger partial charge in [0.15, 0.2) is 11.4 Å². The molecular formula is C17H15NO3. The Labute approximate surface area is 121 Å². The van der Waals surface area contributed by atoms with Gasteiger partial charge in [0.1, 0.15) is 0 Å². The lowest BCUT2D eigenvalue weighted by molar-refractivity contribution is 0.103. The van der Waals surface area contributed by atoms with Crippen molar-refractivity contribution in [2.75, 3.05) is 0 Å². The second kappa shape index (κ2) is 4.74. The number of nitrogens with zero attached hydrogens (tertiary/aromatic N) is 1. The topological polar surface area (TPSA) is 52.2 Å². The standard InChI is InChI=1S/C17H15NO3/c1-10-5-4-6-11(2)15(10)16(19)12-7-8-13-14(9-12)21-17(20)18(13)3/h4-9H,1-3H3. The molecule has 0 radical (unpaired) electrons. The first-order chi connectivity index (χ1) is 9.99. The van der Waals surface area contributed by atoms with Crippen molar-refractivity contribution in [2.24, 2.45) is 7.05 Å². The van der Waals surface area contributed by atoms with Crippen LogP contribution in [-0.4, -0.2) is 10.4 Å². The predicted octanol–water partition coefficient (Wildman–Crippen LogP) is 2.98. The number of aromatic nitrogens is 1. The van der Waals surface area contributed by atoms with Crippen molar-refractivity contribution in [1.82, 2.24) is 4.57 Å². The highest BCUT2D eigenvalue weighted by Gasteiger charge is 2.16. The number of oxazole rings is 1. The number of aryl methyl sites for hydroxylation is 3. The van der Waals surface area contributed by atoms with Gasteiger partial charge in [-0.1, -0.05) is 18.2 Å². The van der Waals surface area contributed by atoms with Crippen LogP contribution in [-0.2, 0) is 7.05 Å². The zero-order chi connectivity index (χ0) is 15.1. The summed E-state index contributed by atoms with van der Waals surface area (Å²) in [6.07, 6.45) is 0. The molecule has 0 bridgehead atoms. The Hall–Kier alpha value is -2.62. The molecule has 0 unspecified atom stereocenters. The van der Waals surface area contributed by atoms with E-state index < -0.39 is 5.76 Å². The van der Waals surface area contributed by atoms with Crippen LogP contribution in [0.15, 0.2) is 45.6 Å². The van der Waals surface area contributed by atoms with Gasteiger partial charge in [-0.2, -0.15) is 0 Å². The fraction of sp³-hybridized carbons (Fsp3) is 0.176. The molecule has 2 aromatic carbocycles. The third kappa shape index (κ3) is 2.09. The first-order valence-corrected chi connectivity index (χ1v) is 6.69. The van der Waals surface area contributed by atoms with E-state index in [1.165, 1.54) is 4.57 Å². The van der Waals surface area contributed by atoms with Crippen LogP contribution in [0, 0.1) is 13.8 Å². The molecule has 0 aliphatic carbocycles. The van der Waals surface area contributed by atoms with Crippen molar-refractivity contribution >= 4 is 16.9 Å². The third-order valence-electron chi connectivity index (χ3n) is 3.76. The fourth-order valence-corrected chi connectivity index (χ4v) is 2.59. The van der Waals surface area contributed by atoms with E-state index >= 15 is 0 Å². The molecule has 0 amide bonds. The van der Waals surface area contributed by atoms with E-state index in [0.717, 1.165) is 11.1 Å². The van der Waals surface area contributed by atoms with Gasteiger partial charge in [0.05, 0.1) is 5.52 Å². The summed E-state index contributed by atoms with van der Waals surface area (Å²) in [4.78, 5) is 24.2. The zero-order valence-corrected chi connectivity index (χ0v) is 12.1. The number of benzene rings is 2. The monoisotopic (exact) mass is 281 g/mol. The number of fused-ring (bicyclic) bond motifs is 1. The third-order valence-corrected chi connectivity index (χ3v) is 3.76. The van der Waals surface area contributed by atoms with Crippen LogP contribution in [0.4, 0.5) is 0 Å². The molecule has 1 aromatic heterocycles. The summed E-state index contributed by atoms with van der Waals surface area (Å²) in [5.74, 6) is -0.485. The van der Waals surface area contributed by atoms with Gasteiger partial charge in [-0.15, -0.1) is 0 Å². The summed E-state index contributed by atoms with van der Waals surface area (Å²) in [7, 11) is 1.64. The van der Waals surface area contributed by atoms with Crippen molar-refractivity contribution in [3.8, 4) is 0 Å². The maximum Gasteiger partial charge on any atom is 0.419 e. The molecule has 0 atom stereocenters. The van der Waals surface area contributed by atoms with Gasteiger partial charge in [0.2, 0.25) is 0 Å². The molecule has 106 valence electrons. The second-order valence-electron chi connectivity index (χ2n) is 5.21. The van der Waals surface area contributed by atoms with Crippen molar-refractivity contribution in [2.45, 2.75) is 13.8 Å². The molecule has 21 heavy (non-hydrogen) atoms. The Morgan fingerprint density at radius 2 is 1.76 bits per heavy atom. The quantitative estimate of drug-likeness (QED) is 0.678. The van der Waals surface area contributed by atoms with Gasteiger partial charge >= 0.3 is 5.76 Å². The fourth-order valence-electron chi connectivity index (χ4n) is 2.59. The van der Waals surface area contributed by atoms with Gasteiger partial charge in [-0.25, -0.2) is 4.79 Å². The maximum absolute atomic E-state index is 12.7. The van der Waals surface area contributed by atoms with Crippen molar-refractivity contribution in [3.05, 3.63) is 69.2 Å². The van der Waals surface area contributed by atoms with E-state index in [2.05, 4.69) is 0 Å². The van der Waals surface area contributed by atoms with Crippen molar-refractivity contribution in [1.29, 1.82) is 0 Å². The van der Waals surface area contributed by atoms with Crippen LogP contribution >= 0.6 is 0 Å². The molecule has 0 aliphatic heterocycles. The van der Waals surface area contributed by atoms with Gasteiger partial charge < -0.3 is 4.42 Å². The molecule has 3 rings (SSSR count). The molecule has 3 aromatic rings. The van der Waals surface area contributed by atoms with Crippen LogP contribution in [0.3, 0.4) is 0 Å². The van der Waals surface area contributed by atoms with E-state index in [1.807, 2.05) is 32.0 Å². The lowest BCUT2D eigenvalue weighted by atomic mass is 9.95. The molecule has 0 aliphatic rings. The summed E-state index contributed by atoms with van der Waals surface area (Å²) in [6.45, 7) is 3.84. The highest BCUT2D eigenvalue weighted by molar-refractivity contribution is 6.11. The summed E-state index contributed by atoms with van der Waals surface area (Å²) in [5, 5.41) is 0. The number of hydrogen-bond donors (Lipinski definition) is 0. The lowest BCUT2D eigenvalue weighted by Gasteiger charge is -2.08. The lowest BCUT2D eigenvalue weighted by Crippen LogP contribution is -2.08. The normalized spacial score (nSPS) is 11.0. The first kappa shape index (κ1) is 13.4. The van der Waals surface area contributed by atoms with E-state index in [-0.39, 0.29) is 5.78 Å². The molecule has 0 N–H and O–H groups in total. The maximum atomic E-state index is 12.7. The predicted molar refractivity (Wildman–Crippen MR) is 80.8 cm³/mol. The first-order valence-electron chi connectivity index (χ1n) is 6.69. The minimum Gasteiger partial charge on any atom is -0.408 e. The Balaban J connectivity index is 2.16. The summed E-state index contributed by atoms with van der Waals surface area (Å²) in [6, 6.07) is 10.9. The van der Waals surface area contributed by atoms with Gasteiger partial charge in [0.25, 0.3) is 0 Å². The van der Waals surface area contributed by atoms with E-state index in [1.54, 1.807) is 25.2 Å². The second-order valence-corrected chi connectivity index (χ2v) is 5.21. The van der Waals surface area contributed by atoms with Gasteiger partial charge in [-0.3, -0.25) is 9.36 Å². The van der Waals surface area contributed by atoms with E-state index in [0.29, 0.717) is 22.2 Å². The molecule has 0 spiro atoms. The van der Waals surface area contributed by atoms with Crippen LogP contribution in [0.2, 0.25) is 0 Å². The highest BCUT2D eigenvalue weighted by atomic mass is 16.4. The number of hydrogen-bond acceptors (Lipinski definition) is 3. The number of ketones is 1. The Morgan fingerprint density at radius 1 is 1.10 bits per heavy atom. The number of rotatable bonds is 2. The zero-order valence-electron chi connectivity index (χ0n) is 12.1. The largest absolute Gasteiger partial charge is 0.419 e. The van der Waals surface area contributed by atoms with Gasteiger partial charge in [-0.05, 0) is 43.2 Å². The van der Waals surface area contributed by atoms with Gasteiger partial charge in [0, 0.05) is 18.2 Å². The Kier molecular flexibility index (Phi) is 3.01. The molecule has 0 saturated heterocycles. The SMILES string of the molecule is Cc1cccc(C)c1C(=O)c1ccc2c(c1)oc(=O)n2C. The molecule has 0 fully saturated rings. The Bertz CT molecular complexity index is 895. The molecule has 4 heteroatoms. The molecular weight excluding hydrogens is 266 g/mol. The van der Waals surface area contributed by atoms with Crippen LogP contribution in [0.1, 0.15) is 27.0 Å². The number of carbonyl (C=O) groups is 1. The summed E-state index contributed by atoms with van der Waals surface area (Å²) < 4.78 is 6.56. The molecule has 1 heterocycles. The van der Waals surface area contributed by atoms with Crippen LogP contribution in [0.5, 0.6) is 0 Å². The minimum absolute atomic E-state index is 0.0565. The molecule has 0 saturated carbocycles. The van der Waals surface area contributed by atoms with Crippen LogP contribution in [0.25, 0.3) is 11.1 Å². The van der Waals surface area contributed by atoms with E-state index in [9.17, 15) is 9.59 Å². The van der Waals surface area contributed by atoms with Crippen molar-refractivity contribution < 1.29 is 9.21 Å². The van der Waals surface area contributed by atoms with Crippen molar-refractivity contribution in [3.63, 3.8) is 0 Å². The smallest absolute Gasteiger partial charge is 0.408 e. The highest BCUT2D eigenvalue weighted by Crippen LogP contribution is 2.21.